The predicted octanol–water partition coefficient (Wildman–Crippen LogP) is 5.10. The number of nitrogens with zero attached hydrogens (tertiary/aromatic N) is 2. The molecule has 0 N–H and O–H groups in total. The first-order valence-electron chi connectivity index (χ1n) is 12.2. The van der Waals surface area contributed by atoms with E-state index in [1.807, 2.05) is 60.7 Å². The van der Waals surface area contributed by atoms with Gasteiger partial charge in [0.1, 0.15) is 0 Å². The second kappa shape index (κ2) is 9.30. The number of benzene rings is 4. The number of allylic oxidation sites excluding steroid dienone is 1. The molecule has 0 amide bonds. The number of hydrogen-bond donors (Lipinski definition) is 0. The zero-order chi connectivity index (χ0) is 25.5. The van der Waals surface area contributed by atoms with Crippen molar-refractivity contribution in [3.63, 3.8) is 0 Å². The van der Waals surface area contributed by atoms with Gasteiger partial charge in [-0.2, -0.15) is 0 Å². The van der Waals surface area contributed by atoms with Crippen LogP contribution < -0.4 is 14.9 Å². The van der Waals surface area contributed by atoms with E-state index in [2.05, 4.69) is 30.3 Å². The van der Waals surface area contributed by atoms with Crippen LogP contribution >= 0.6 is 11.3 Å². The molecule has 6 rings (SSSR count). The standard InChI is InChI=1S/C31H24N2O3S/c1-3-36-30(35)27-19(2)32-31-33(28(27)20-11-5-4-6-12-20)29(34)26(37-31)18-25-23-15-9-7-13-21(23)17-22-14-8-10-16-24(22)25/h4-18,28H,3H2,1-2H3/b26-18-/t28-/m1/s1. The fourth-order valence-corrected chi connectivity index (χ4v) is 6.11. The van der Waals surface area contributed by atoms with Gasteiger partial charge in [-0.3, -0.25) is 9.36 Å². The summed E-state index contributed by atoms with van der Waals surface area (Å²) in [6.07, 6.45) is 1.97. The number of carbonyl (C=O) groups is 1. The number of ether oxygens (including phenoxy) is 1. The highest BCUT2D eigenvalue weighted by molar-refractivity contribution is 7.07. The Morgan fingerprint density at radius 3 is 2.24 bits per heavy atom. The molecular weight excluding hydrogens is 480 g/mol. The quantitative estimate of drug-likeness (QED) is 0.253. The number of hydrogen-bond acceptors (Lipinski definition) is 5. The molecule has 0 bridgehead atoms. The van der Waals surface area contributed by atoms with E-state index in [9.17, 15) is 9.59 Å². The van der Waals surface area contributed by atoms with E-state index >= 15 is 0 Å². The summed E-state index contributed by atoms with van der Waals surface area (Å²) in [5.41, 5.74) is 2.61. The van der Waals surface area contributed by atoms with Crippen LogP contribution in [-0.4, -0.2) is 17.1 Å². The molecule has 0 saturated carbocycles. The second-order valence-corrected chi connectivity index (χ2v) is 9.95. The minimum Gasteiger partial charge on any atom is -0.463 e. The van der Waals surface area contributed by atoms with Crippen molar-refractivity contribution >= 4 is 44.9 Å². The lowest BCUT2D eigenvalue weighted by molar-refractivity contribution is -0.139. The summed E-state index contributed by atoms with van der Waals surface area (Å²) in [7, 11) is 0. The topological polar surface area (TPSA) is 60.7 Å². The fourth-order valence-electron chi connectivity index (χ4n) is 5.08. The number of fused-ring (bicyclic) bond motifs is 3. The molecule has 1 atom stereocenters. The highest BCUT2D eigenvalue weighted by atomic mass is 32.1. The largest absolute Gasteiger partial charge is 0.463 e. The summed E-state index contributed by atoms with van der Waals surface area (Å²) in [6.45, 7) is 3.82. The third kappa shape index (κ3) is 3.90. The van der Waals surface area contributed by atoms with Gasteiger partial charge in [-0.15, -0.1) is 0 Å². The first-order valence-corrected chi connectivity index (χ1v) is 13.0. The summed E-state index contributed by atoms with van der Waals surface area (Å²) >= 11 is 1.35. The van der Waals surface area contributed by atoms with Gasteiger partial charge in [-0.25, -0.2) is 9.79 Å². The van der Waals surface area contributed by atoms with Gasteiger partial charge in [0, 0.05) is 0 Å². The second-order valence-electron chi connectivity index (χ2n) is 8.95. The minimum atomic E-state index is -0.608. The molecule has 1 aliphatic heterocycles. The monoisotopic (exact) mass is 504 g/mol. The molecule has 1 aromatic heterocycles. The average Bonchev–Trinajstić information content (AvgIpc) is 3.22. The minimum absolute atomic E-state index is 0.177. The van der Waals surface area contributed by atoms with Crippen LogP contribution in [0.3, 0.4) is 0 Å². The van der Waals surface area contributed by atoms with Crippen LogP contribution in [0.4, 0.5) is 0 Å². The van der Waals surface area contributed by atoms with Crippen LogP contribution in [0.2, 0.25) is 0 Å². The van der Waals surface area contributed by atoms with E-state index in [1.54, 1.807) is 18.4 Å². The molecular formula is C31H24N2O3S. The van der Waals surface area contributed by atoms with Crippen LogP contribution in [0, 0.1) is 0 Å². The maximum Gasteiger partial charge on any atom is 0.338 e. The fraction of sp³-hybridized carbons (Fsp3) is 0.129. The molecule has 5 aromatic rings. The molecule has 182 valence electrons. The third-order valence-corrected chi connectivity index (χ3v) is 7.70. The Hall–Kier alpha value is -4.29. The Labute approximate surface area is 217 Å². The number of thiazole rings is 1. The molecule has 0 unspecified atom stereocenters. The van der Waals surface area contributed by atoms with E-state index in [0.717, 1.165) is 32.7 Å². The van der Waals surface area contributed by atoms with E-state index < -0.39 is 12.0 Å². The smallest absolute Gasteiger partial charge is 0.338 e. The van der Waals surface area contributed by atoms with Gasteiger partial charge < -0.3 is 4.74 Å². The van der Waals surface area contributed by atoms with E-state index in [1.165, 1.54) is 11.3 Å². The van der Waals surface area contributed by atoms with Crippen molar-refractivity contribution in [1.82, 2.24) is 4.57 Å². The number of aromatic nitrogens is 1. The number of esters is 1. The lowest BCUT2D eigenvalue weighted by Gasteiger charge is -2.24. The van der Waals surface area contributed by atoms with E-state index in [4.69, 9.17) is 9.73 Å². The highest BCUT2D eigenvalue weighted by Crippen LogP contribution is 2.31. The summed E-state index contributed by atoms with van der Waals surface area (Å²) in [5.74, 6) is -0.452. The maximum absolute atomic E-state index is 14.0. The van der Waals surface area contributed by atoms with Crippen molar-refractivity contribution in [2.75, 3.05) is 6.61 Å². The lowest BCUT2D eigenvalue weighted by atomic mass is 9.96. The number of rotatable bonds is 4. The molecule has 0 fully saturated rings. The molecule has 6 heteroatoms. The van der Waals surface area contributed by atoms with Gasteiger partial charge in [-0.1, -0.05) is 90.2 Å². The summed E-state index contributed by atoms with van der Waals surface area (Å²) in [4.78, 5) is 32.3. The maximum atomic E-state index is 14.0. The highest BCUT2D eigenvalue weighted by Gasteiger charge is 2.33. The molecule has 37 heavy (non-hydrogen) atoms. The predicted molar refractivity (Wildman–Crippen MR) is 148 cm³/mol. The van der Waals surface area contributed by atoms with Gasteiger partial charge in [0.2, 0.25) is 0 Å². The molecule has 1 aliphatic rings. The molecule has 0 radical (unpaired) electrons. The molecule has 2 heterocycles. The van der Waals surface area contributed by atoms with Crippen LogP contribution in [0.5, 0.6) is 0 Å². The molecule has 0 aliphatic carbocycles. The lowest BCUT2D eigenvalue weighted by Crippen LogP contribution is -2.39. The van der Waals surface area contributed by atoms with Crippen molar-refractivity contribution in [3.05, 3.63) is 127 Å². The Balaban J connectivity index is 1.64. The normalized spacial score (nSPS) is 15.6. The summed E-state index contributed by atoms with van der Waals surface area (Å²) < 4.78 is 7.59. The van der Waals surface area contributed by atoms with Crippen molar-refractivity contribution < 1.29 is 9.53 Å². The van der Waals surface area contributed by atoms with Crippen LogP contribution in [-0.2, 0) is 9.53 Å². The zero-order valence-electron chi connectivity index (χ0n) is 20.5. The molecule has 0 spiro atoms. The van der Waals surface area contributed by atoms with Crippen molar-refractivity contribution in [3.8, 4) is 0 Å². The molecule has 0 saturated heterocycles. The van der Waals surface area contributed by atoms with Gasteiger partial charge >= 0.3 is 5.97 Å². The Kier molecular flexibility index (Phi) is 5.81. The van der Waals surface area contributed by atoms with Crippen molar-refractivity contribution in [2.24, 2.45) is 4.99 Å². The van der Waals surface area contributed by atoms with Gasteiger partial charge in [0.15, 0.2) is 4.80 Å². The first-order chi connectivity index (χ1) is 18.1. The third-order valence-electron chi connectivity index (χ3n) is 6.72. The van der Waals surface area contributed by atoms with Crippen LogP contribution in [0.1, 0.15) is 31.0 Å². The zero-order valence-corrected chi connectivity index (χ0v) is 21.3. The van der Waals surface area contributed by atoms with E-state index in [0.29, 0.717) is 20.6 Å². The van der Waals surface area contributed by atoms with Crippen LogP contribution in [0.15, 0.2) is 106 Å². The van der Waals surface area contributed by atoms with Gasteiger partial charge in [-0.05, 0) is 58.7 Å². The average molecular weight is 505 g/mol. The molecule has 5 nitrogen and oxygen atoms in total. The Morgan fingerprint density at radius 2 is 1.59 bits per heavy atom. The van der Waals surface area contributed by atoms with Crippen LogP contribution in [0.25, 0.3) is 27.6 Å². The van der Waals surface area contributed by atoms with E-state index in [-0.39, 0.29) is 12.2 Å². The van der Waals surface area contributed by atoms with Gasteiger partial charge in [0.25, 0.3) is 5.56 Å². The van der Waals surface area contributed by atoms with Gasteiger partial charge in [0.05, 0.1) is 28.5 Å². The SMILES string of the molecule is CCOC(=O)C1=C(C)N=c2s/c(=C\c3c4ccccc4cc4ccccc34)c(=O)n2[C@@H]1c1ccccc1. The first kappa shape index (κ1) is 23.1. The summed E-state index contributed by atoms with van der Waals surface area (Å²) in [5, 5.41) is 4.38. The number of carbonyl (C=O) groups excluding carboxylic acids is 1. The van der Waals surface area contributed by atoms with Crippen molar-refractivity contribution in [1.29, 1.82) is 0 Å². The summed E-state index contributed by atoms with van der Waals surface area (Å²) in [6, 6.07) is 27.6. The molecule has 4 aromatic carbocycles. The Morgan fingerprint density at radius 1 is 0.973 bits per heavy atom. The van der Waals surface area contributed by atoms with Crippen molar-refractivity contribution in [2.45, 2.75) is 19.9 Å². The Bertz CT molecular complexity index is 1840.